The Kier molecular flexibility index (Phi) is 1.53. The normalized spacial score (nSPS) is 20.0. The molecule has 1 saturated carbocycles. The topological polar surface area (TPSA) is 26.0 Å². The van der Waals surface area contributed by atoms with Crippen LogP contribution < -0.4 is 0 Å². The maximum atomic E-state index is 5.38. The Balaban J connectivity index is 2.25. The lowest BCUT2D eigenvalue weighted by Gasteiger charge is -2.00. The molecule has 1 heterocycles. The molecule has 2 rings (SSSR count). The number of hydrogen-bond donors (Lipinski definition) is 0. The fraction of sp³-hybridized carbons (Fsp3) is 0.700. The second kappa shape index (κ2) is 2.35. The molecule has 12 heavy (non-hydrogen) atoms. The Morgan fingerprint density at radius 1 is 1.50 bits per heavy atom. The predicted molar refractivity (Wildman–Crippen MR) is 47.2 cm³/mol. The molecule has 1 aromatic rings. The SMILES string of the molecule is CC(C)c1nc(C2(C)CC2)co1. The summed E-state index contributed by atoms with van der Waals surface area (Å²) in [7, 11) is 0. The van der Waals surface area contributed by atoms with Gasteiger partial charge in [0.25, 0.3) is 0 Å². The van der Waals surface area contributed by atoms with Gasteiger partial charge in [0.2, 0.25) is 0 Å². The van der Waals surface area contributed by atoms with Crippen LogP contribution in [-0.2, 0) is 5.41 Å². The highest BCUT2D eigenvalue weighted by Gasteiger charge is 2.41. The fourth-order valence-electron chi connectivity index (χ4n) is 1.27. The highest BCUT2D eigenvalue weighted by Crippen LogP contribution is 2.47. The van der Waals surface area contributed by atoms with Crippen LogP contribution in [0, 0.1) is 0 Å². The van der Waals surface area contributed by atoms with Gasteiger partial charge in [-0.25, -0.2) is 4.98 Å². The zero-order valence-electron chi connectivity index (χ0n) is 7.92. The van der Waals surface area contributed by atoms with Crippen molar-refractivity contribution < 1.29 is 4.42 Å². The monoisotopic (exact) mass is 165 g/mol. The quantitative estimate of drug-likeness (QED) is 0.673. The third-order valence-corrected chi connectivity index (χ3v) is 2.63. The van der Waals surface area contributed by atoms with Gasteiger partial charge in [-0.2, -0.15) is 0 Å². The van der Waals surface area contributed by atoms with Gasteiger partial charge in [0.1, 0.15) is 6.26 Å². The first-order valence-corrected chi connectivity index (χ1v) is 4.58. The van der Waals surface area contributed by atoms with E-state index >= 15 is 0 Å². The van der Waals surface area contributed by atoms with Crippen LogP contribution in [0.4, 0.5) is 0 Å². The Morgan fingerprint density at radius 2 is 2.17 bits per heavy atom. The van der Waals surface area contributed by atoms with E-state index in [2.05, 4.69) is 25.8 Å². The molecule has 0 saturated heterocycles. The molecule has 0 aromatic carbocycles. The lowest BCUT2D eigenvalue weighted by Crippen LogP contribution is -2.00. The number of oxazole rings is 1. The van der Waals surface area contributed by atoms with E-state index in [9.17, 15) is 0 Å². The molecule has 66 valence electrons. The minimum Gasteiger partial charge on any atom is -0.448 e. The van der Waals surface area contributed by atoms with Crippen LogP contribution in [0.15, 0.2) is 10.7 Å². The summed E-state index contributed by atoms with van der Waals surface area (Å²) in [5.41, 5.74) is 1.49. The highest BCUT2D eigenvalue weighted by atomic mass is 16.3. The first-order valence-electron chi connectivity index (χ1n) is 4.58. The van der Waals surface area contributed by atoms with Gasteiger partial charge in [0.15, 0.2) is 5.89 Å². The summed E-state index contributed by atoms with van der Waals surface area (Å²) >= 11 is 0. The lowest BCUT2D eigenvalue weighted by molar-refractivity contribution is 0.470. The molecule has 1 fully saturated rings. The maximum Gasteiger partial charge on any atom is 0.196 e. The fourth-order valence-corrected chi connectivity index (χ4v) is 1.27. The van der Waals surface area contributed by atoms with Crippen LogP contribution in [-0.4, -0.2) is 4.98 Å². The second-order valence-electron chi connectivity index (χ2n) is 4.29. The van der Waals surface area contributed by atoms with Crippen molar-refractivity contribution in [2.75, 3.05) is 0 Å². The van der Waals surface area contributed by atoms with E-state index in [1.54, 1.807) is 0 Å². The minimum absolute atomic E-state index is 0.344. The molecule has 1 aliphatic rings. The summed E-state index contributed by atoms with van der Waals surface area (Å²) in [5.74, 6) is 1.28. The molecule has 2 nitrogen and oxygen atoms in total. The standard InChI is InChI=1S/C10H15NO/c1-7(2)9-11-8(6-12-9)10(3)4-5-10/h6-7H,4-5H2,1-3H3. The highest BCUT2D eigenvalue weighted by molar-refractivity contribution is 5.20. The van der Waals surface area contributed by atoms with Gasteiger partial charge in [0.05, 0.1) is 5.69 Å². The number of aromatic nitrogens is 1. The van der Waals surface area contributed by atoms with Crippen LogP contribution in [0.5, 0.6) is 0 Å². The summed E-state index contributed by atoms with van der Waals surface area (Å²) in [5, 5.41) is 0. The first kappa shape index (κ1) is 7.84. The Hall–Kier alpha value is -0.790. The summed E-state index contributed by atoms with van der Waals surface area (Å²) in [6, 6.07) is 0. The third-order valence-electron chi connectivity index (χ3n) is 2.63. The van der Waals surface area contributed by atoms with Crippen molar-refractivity contribution in [2.24, 2.45) is 0 Å². The average molecular weight is 165 g/mol. The molecule has 0 radical (unpaired) electrons. The molecule has 1 aromatic heterocycles. The maximum absolute atomic E-state index is 5.38. The van der Waals surface area contributed by atoms with Crippen LogP contribution in [0.3, 0.4) is 0 Å². The molecular formula is C10H15NO. The Labute approximate surface area is 73.0 Å². The smallest absolute Gasteiger partial charge is 0.196 e. The van der Waals surface area contributed by atoms with Gasteiger partial charge in [0, 0.05) is 11.3 Å². The van der Waals surface area contributed by atoms with Crippen LogP contribution >= 0.6 is 0 Å². The Morgan fingerprint density at radius 3 is 2.58 bits per heavy atom. The first-order chi connectivity index (χ1) is 5.62. The van der Waals surface area contributed by atoms with E-state index < -0.39 is 0 Å². The zero-order valence-corrected chi connectivity index (χ0v) is 7.92. The van der Waals surface area contributed by atoms with Crippen LogP contribution in [0.2, 0.25) is 0 Å². The molecule has 1 aliphatic carbocycles. The Bertz CT molecular complexity index is 284. The summed E-state index contributed by atoms with van der Waals surface area (Å²) in [4.78, 5) is 4.48. The molecule has 0 N–H and O–H groups in total. The molecule has 2 heteroatoms. The molecule has 0 atom stereocenters. The van der Waals surface area contributed by atoms with Crippen LogP contribution in [0.1, 0.15) is 51.1 Å². The van der Waals surface area contributed by atoms with E-state index in [0.29, 0.717) is 11.3 Å². The summed E-state index contributed by atoms with van der Waals surface area (Å²) in [6.45, 7) is 6.45. The second-order valence-corrected chi connectivity index (χ2v) is 4.29. The predicted octanol–water partition coefficient (Wildman–Crippen LogP) is 2.85. The van der Waals surface area contributed by atoms with Gasteiger partial charge in [-0.05, 0) is 12.8 Å². The minimum atomic E-state index is 0.344. The number of nitrogens with zero attached hydrogens (tertiary/aromatic N) is 1. The number of rotatable bonds is 2. The number of hydrogen-bond acceptors (Lipinski definition) is 2. The van der Waals surface area contributed by atoms with Gasteiger partial charge in [-0.15, -0.1) is 0 Å². The van der Waals surface area contributed by atoms with Crippen molar-refractivity contribution in [3.8, 4) is 0 Å². The van der Waals surface area contributed by atoms with Gasteiger partial charge < -0.3 is 4.42 Å². The third kappa shape index (κ3) is 1.15. The molecule has 0 aliphatic heterocycles. The van der Waals surface area contributed by atoms with Gasteiger partial charge in [-0.1, -0.05) is 20.8 Å². The largest absolute Gasteiger partial charge is 0.448 e. The summed E-state index contributed by atoms with van der Waals surface area (Å²) < 4.78 is 5.38. The molecule has 0 unspecified atom stereocenters. The molecular weight excluding hydrogens is 150 g/mol. The van der Waals surface area contributed by atoms with Crippen molar-refractivity contribution in [2.45, 2.75) is 44.9 Å². The van der Waals surface area contributed by atoms with Crippen molar-refractivity contribution in [3.63, 3.8) is 0 Å². The lowest BCUT2D eigenvalue weighted by atomic mass is 10.1. The summed E-state index contributed by atoms with van der Waals surface area (Å²) in [6.07, 6.45) is 4.34. The molecule has 0 spiro atoms. The van der Waals surface area contributed by atoms with Crippen molar-refractivity contribution in [3.05, 3.63) is 17.8 Å². The van der Waals surface area contributed by atoms with Crippen LogP contribution in [0.25, 0.3) is 0 Å². The van der Waals surface area contributed by atoms with Crippen molar-refractivity contribution in [1.82, 2.24) is 4.98 Å². The average Bonchev–Trinajstić information content (AvgIpc) is 2.61. The molecule has 0 amide bonds. The van der Waals surface area contributed by atoms with Gasteiger partial charge in [-0.3, -0.25) is 0 Å². The van der Waals surface area contributed by atoms with E-state index in [1.807, 2.05) is 6.26 Å². The van der Waals surface area contributed by atoms with Crippen molar-refractivity contribution in [1.29, 1.82) is 0 Å². The van der Waals surface area contributed by atoms with E-state index in [0.717, 1.165) is 11.6 Å². The molecule has 0 bridgehead atoms. The van der Waals surface area contributed by atoms with Gasteiger partial charge >= 0.3 is 0 Å². The van der Waals surface area contributed by atoms with E-state index in [4.69, 9.17) is 4.42 Å². The van der Waals surface area contributed by atoms with E-state index in [-0.39, 0.29) is 0 Å². The zero-order chi connectivity index (χ0) is 8.77. The van der Waals surface area contributed by atoms with Crippen molar-refractivity contribution >= 4 is 0 Å². The van der Waals surface area contributed by atoms with E-state index in [1.165, 1.54) is 12.8 Å².